The van der Waals surface area contributed by atoms with Gasteiger partial charge in [-0.2, -0.15) is 0 Å². The van der Waals surface area contributed by atoms with Crippen molar-refractivity contribution in [2.75, 3.05) is 13.7 Å². The summed E-state index contributed by atoms with van der Waals surface area (Å²) in [4.78, 5) is 23.8. The number of nitrogens with one attached hydrogen (secondary N) is 2. The lowest BCUT2D eigenvalue weighted by Gasteiger charge is -2.10. The van der Waals surface area contributed by atoms with E-state index in [2.05, 4.69) is 10.9 Å². The molecule has 0 aliphatic heterocycles. The largest absolute Gasteiger partial charge is 0.493 e. The molecule has 2 N–H and O–H groups in total. The van der Waals surface area contributed by atoms with Crippen molar-refractivity contribution in [3.63, 3.8) is 0 Å². The number of aryl methyl sites for hydroxylation is 1. The van der Waals surface area contributed by atoms with Gasteiger partial charge in [0.05, 0.1) is 13.2 Å². The fraction of sp³-hybridized carbons (Fsp3) is 0.300. The summed E-state index contributed by atoms with van der Waals surface area (Å²) in [5.74, 6) is 0.0844. The van der Waals surface area contributed by atoms with E-state index in [1.165, 1.54) is 0 Å². The number of carbonyl (C=O) groups excluding carboxylic acids is 2. The van der Waals surface area contributed by atoms with Crippen LogP contribution in [-0.2, 0) is 16.1 Å². The van der Waals surface area contributed by atoms with Crippen LogP contribution >= 0.6 is 11.6 Å². The second-order valence-corrected chi connectivity index (χ2v) is 6.43. The van der Waals surface area contributed by atoms with Crippen LogP contribution in [-0.4, -0.2) is 25.5 Å². The summed E-state index contributed by atoms with van der Waals surface area (Å²) >= 11 is 5.90. The topological polar surface area (TPSA) is 76.7 Å². The van der Waals surface area contributed by atoms with Crippen molar-refractivity contribution in [3.8, 4) is 5.75 Å². The number of amides is 2. The average molecular weight is 391 g/mol. The van der Waals surface area contributed by atoms with Gasteiger partial charge in [-0.15, -0.1) is 0 Å². The fourth-order valence-corrected chi connectivity index (χ4v) is 2.60. The molecule has 0 fully saturated rings. The van der Waals surface area contributed by atoms with Crippen LogP contribution in [0, 0.1) is 6.92 Å². The maximum Gasteiger partial charge on any atom is 0.269 e. The smallest absolute Gasteiger partial charge is 0.269 e. The van der Waals surface area contributed by atoms with Gasteiger partial charge in [0.15, 0.2) is 0 Å². The highest BCUT2D eigenvalue weighted by Crippen LogP contribution is 2.21. The lowest BCUT2D eigenvalue weighted by Crippen LogP contribution is -2.41. The van der Waals surface area contributed by atoms with Crippen LogP contribution in [0.3, 0.4) is 0 Å². The number of methoxy groups -OCH3 is 1. The summed E-state index contributed by atoms with van der Waals surface area (Å²) in [5, 5.41) is 0.656. The van der Waals surface area contributed by atoms with E-state index < -0.39 is 0 Å². The zero-order chi connectivity index (χ0) is 19.6. The predicted molar refractivity (Wildman–Crippen MR) is 104 cm³/mol. The molecule has 27 heavy (non-hydrogen) atoms. The van der Waals surface area contributed by atoms with Crippen LogP contribution < -0.4 is 15.6 Å². The zero-order valence-corrected chi connectivity index (χ0v) is 16.1. The molecule has 144 valence electrons. The van der Waals surface area contributed by atoms with Crippen molar-refractivity contribution in [1.82, 2.24) is 10.9 Å². The minimum Gasteiger partial charge on any atom is -0.493 e. The summed E-state index contributed by atoms with van der Waals surface area (Å²) in [6.45, 7) is 2.78. The quantitative estimate of drug-likeness (QED) is 0.535. The van der Waals surface area contributed by atoms with Crippen molar-refractivity contribution in [1.29, 1.82) is 0 Å². The highest BCUT2D eigenvalue weighted by atomic mass is 35.5. The summed E-state index contributed by atoms with van der Waals surface area (Å²) in [6, 6.07) is 12.3. The Morgan fingerprint density at radius 1 is 1.07 bits per heavy atom. The minimum atomic E-state index is -0.375. The van der Waals surface area contributed by atoms with Gasteiger partial charge in [0, 0.05) is 24.1 Å². The van der Waals surface area contributed by atoms with E-state index in [1.54, 1.807) is 43.5 Å². The molecule has 2 amide bonds. The molecule has 2 rings (SSSR count). The monoisotopic (exact) mass is 390 g/mol. The molecule has 0 aromatic heterocycles. The van der Waals surface area contributed by atoms with Crippen LogP contribution in [0.2, 0.25) is 5.02 Å². The first-order chi connectivity index (χ1) is 13.0. The molecular weight excluding hydrogens is 368 g/mol. The third kappa shape index (κ3) is 6.92. The number of carbonyl (C=O) groups is 2. The number of hydrazine groups is 1. The highest BCUT2D eigenvalue weighted by Gasteiger charge is 2.08. The number of hydrogen-bond donors (Lipinski definition) is 2. The van der Waals surface area contributed by atoms with Crippen molar-refractivity contribution in [3.05, 3.63) is 64.2 Å². The fourth-order valence-electron chi connectivity index (χ4n) is 2.37. The van der Waals surface area contributed by atoms with E-state index in [0.29, 0.717) is 30.2 Å². The van der Waals surface area contributed by atoms with Crippen molar-refractivity contribution >= 4 is 23.4 Å². The van der Waals surface area contributed by atoms with Crippen molar-refractivity contribution in [2.45, 2.75) is 26.4 Å². The van der Waals surface area contributed by atoms with E-state index >= 15 is 0 Å². The lowest BCUT2D eigenvalue weighted by atomic mass is 10.1. The van der Waals surface area contributed by atoms with E-state index in [1.807, 2.05) is 13.0 Å². The molecule has 0 atom stereocenters. The Morgan fingerprint density at radius 2 is 1.81 bits per heavy atom. The molecule has 0 saturated carbocycles. The van der Waals surface area contributed by atoms with Crippen LogP contribution in [0.5, 0.6) is 5.75 Å². The van der Waals surface area contributed by atoms with Gasteiger partial charge in [0.25, 0.3) is 5.91 Å². The van der Waals surface area contributed by atoms with E-state index in [4.69, 9.17) is 21.1 Å². The third-order valence-corrected chi connectivity index (χ3v) is 4.02. The number of rotatable bonds is 8. The van der Waals surface area contributed by atoms with Crippen molar-refractivity contribution < 1.29 is 19.1 Å². The number of halogens is 1. The van der Waals surface area contributed by atoms with Gasteiger partial charge in [-0.05, 0) is 54.8 Å². The highest BCUT2D eigenvalue weighted by molar-refractivity contribution is 6.30. The van der Waals surface area contributed by atoms with Gasteiger partial charge >= 0.3 is 0 Å². The van der Waals surface area contributed by atoms with Crippen molar-refractivity contribution in [2.24, 2.45) is 0 Å². The van der Waals surface area contributed by atoms with E-state index in [-0.39, 0.29) is 18.2 Å². The van der Waals surface area contributed by atoms with Crippen LogP contribution in [0.1, 0.15) is 34.3 Å². The Labute approximate surface area is 163 Å². The predicted octanol–water partition coefficient (Wildman–Crippen LogP) is 3.42. The van der Waals surface area contributed by atoms with Gasteiger partial charge in [-0.3, -0.25) is 20.4 Å². The summed E-state index contributed by atoms with van der Waals surface area (Å²) < 4.78 is 10.7. The molecule has 0 bridgehead atoms. The van der Waals surface area contributed by atoms with Crippen LogP contribution in [0.15, 0.2) is 42.5 Å². The third-order valence-electron chi connectivity index (χ3n) is 3.79. The Balaban J connectivity index is 1.67. The Kier molecular flexibility index (Phi) is 8.10. The van der Waals surface area contributed by atoms with Gasteiger partial charge < -0.3 is 9.47 Å². The Bertz CT molecular complexity index is 778. The SMILES string of the molecule is COCc1ccc(C(=O)NNC(=O)CCCOc2ccc(Cl)cc2C)cc1. The van der Waals surface area contributed by atoms with Gasteiger partial charge in [0.2, 0.25) is 5.91 Å². The molecule has 0 aliphatic rings. The first-order valence-electron chi connectivity index (χ1n) is 8.55. The van der Waals surface area contributed by atoms with Gasteiger partial charge in [-0.25, -0.2) is 0 Å². The second kappa shape index (κ2) is 10.5. The molecule has 0 saturated heterocycles. The first-order valence-corrected chi connectivity index (χ1v) is 8.93. The number of ether oxygens (including phenoxy) is 2. The van der Waals surface area contributed by atoms with Gasteiger partial charge in [-0.1, -0.05) is 23.7 Å². The Hall–Kier alpha value is -2.57. The molecular formula is C20H23ClN2O4. The second-order valence-electron chi connectivity index (χ2n) is 5.99. The van der Waals surface area contributed by atoms with Crippen LogP contribution in [0.25, 0.3) is 0 Å². The molecule has 7 heteroatoms. The summed E-state index contributed by atoms with van der Waals surface area (Å²) in [6.07, 6.45) is 0.759. The summed E-state index contributed by atoms with van der Waals surface area (Å²) in [7, 11) is 1.61. The Morgan fingerprint density at radius 3 is 2.48 bits per heavy atom. The normalized spacial score (nSPS) is 10.3. The molecule has 0 radical (unpaired) electrons. The number of benzene rings is 2. The molecule has 6 nitrogen and oxygen atoms in total. The molecule has 2 aromatic carbocycles. The molecule has 0 aliphatic carbocycles. The zero-order valence-electron chi connectivity index (χ0n) is 15.4. The summed E-state index contributed by atoms with van der Waals surface area (Å²) in [5.41, 5.74) is 7.16. The molecule has 0 unspecified atom stereocenters. The van der Waals surface area contributed by atoms with E-state index in [9.17, 15) is 9.59 Å². The first kappa shape index (κ1) is 20.7. The molecule has 0 heterocycles. The maximum atomic E-state index is 12.0. The number of hydrogen-bond acceptors (Lipinski definition) is 4. The maximum absolute atomic E-state index is 12.0. The minimum absolute atomic E-state index is 0.236. The standard InChI is InChI=1S/C20H23ClN2O4/c1-14-12-17(21)9-10-18(14)27-11-3-4-19(24)22-23-20(25)16-7-5-15(6-8-16)13-26-2/h5-10,12H,3-4,11,13H2,1-2H3,(H,22,24)(H,23,25). The molecule has 0 spiro atoms. The average Bonchev–Trinajstić information content (AvgIpc) is 2.65. The lowest BCUT2D eigenvalue weighted by molar-refractivity contribution is -0.122. The molecule has 2 aromatic rings. The van der Waals surface area contributed by atoms with Crippen LogP contribution in [0.4, 0.5) is 0 Å². The van der Waals surface area contributed by atoms with E-state index in [0.717, 1.165) is 16.9 Å². The van der Waals surface area contributed by atoms with Gasteiger partial charge in [0.1, 0.15) is 5.75 Å².